The summed E-state index contributed by atoms with van der Waals surface area (Å²) in [7, 11) is -4.69. The zero-order valence-electron chi connectivity index (χ0n) is 48.4. The highest BCUT2D eigenvalue weighted by atomic mass is 28.4. The summed E-state index contributed by atoms with van der Waals surface area (Å²) in [4.78, 5) is 0. The lowest BCUT2D eigenvalue weighted by atomic mass is 9.97. The fourth-order valence-electron chi connectivity index (χ4n) is 9.17. The van der Waals surface area contributed by atoms with E-state index in [4.69, 9.17) is 43.0 Å². The molecule has 0 saturated carbocycles. The van der Waals surface area contributed by atoms with Gasteiger partial charge in [-0.25, -0.2) is 0 Å². The Morgan fingerprint density at radius 1 is 0.480 bits per heavy atom. The first-order valence-electron chi connectivity index (χ1n) is 28.8. The summed E-state index contributed by atoms with van der Waals surface area (Å²) in [5.41, 5.74) is 11.8. The van der Waals surface area contributed by atoms with Crippen LogP contribution in [0, 0.1) is 0 Å². The van der Waals surface area contributed by atoms with E-state index in [2.05, 4.69) is 123 Å². The molecule has 0 aliphatic carbocycles. The van der Waals surface area contributed by atoms with Gasteiger partial charge in [-0.05, 0) is 64.9 Å². The number of rotatable bonds is 35. The van der Waals surface area contributed by atoms with Crippen molar-refractivity contribution in [3.8, 4) is 0 Å². The van der Waals surface area contributed by atoms with Gasteiger partial charge < -0.3 is 43.0 Å². The van der Waals surface area contributed by atoms with Crippen LogP contribution < -0.4 is 5.73 Å². The van der Waals surface area contributed by atoms with E-state index < -0.39 is 59.5 Å². The van der Waals surface area contributed by atoms with Crippen molar-refractivity contribution in [2.24, 2.45) is 5.73 Å². The van der Waals surface area contributed by atoms with Gasteiger partial charge >= 0.3 is 0 Å². The number of hydrogen-bond donors (Lipinski definition) is 1. The molecule has 1 aliphatic rings. The Morgan fingerprint density at radius 3 is 1.31 bits per heavy atom. The maximum atomic E-state index is 7.58. The van der Waals surface area contributed by atoms with E-state index >= 15 is 0 Å². The van der Waals surface area contributed by atoms with E-state index in [1.54, 1.807) is 0 Å². The Bertz CT molecular complexity index is 2080. The van der Waals surface area contributed by atoms with E-state index in [9.17, 15) is 0 Å². The summed E-state index contributed by atoms with van der Waals surface area (Å²) < 4.78 is 56.8. The molecule has 5 rings (SSSR count). The number of hydrogen-bond acceptors (Lipinski definition) is 9. The van der Waals surface area contributed by atoms with E-state index in [1.165, 1.54) is 64.2 Å². The largest absolute Gasteiger partial charge is 0.411 e. The molecular formula is C64H101NO8Si2. The van der Waals surface area contributed by atoms with Crippen molar-refractivity contribution in [3.05, 3.63) is 144 Å². The molecule has 0 spiro atoms. The van der Waals surface area contributed by atoms with Gasteiger partial charge in [0.05, 0.1) is 57.9 Å². The van der Waals surface area contributed by atoms with Crippen molar-refractivity contribution in [1.82, 2.24) is 0 Å². The molecule has 1 fully saturated rings. The molecule has 11 heteroatoms. The molecule has 8 atom stereocenters. The molecule has 1 heterocycles. The molecule has 0 radical (unpaired) electrons. The van der Waals surface area contributed by atoms with Crippen LogP contribution in [0.5, 0.6) is 0 Å². The number of ether oxygens (including phenoxy) is 6. The van der Waals surface area contributed by atoms with E-state index in [1.807, 2.05) is 72.8 Å². The smallest absolute Gasteiger partial charge is 0.192 e. The first-order valence-corrected chi connectivity index (χ1v) is 34.7. The van der Waals surface area contributed by atoms with Crippen LogP contribution in [-0.4, -0.2) is 78.8 Å². The fourth-order valence-corrected chi connectivity index (χ4v) is 11.9. The Hall–Kier alpha value is -3.05. The minimum atomic E-state index is -2.39. The maximum Gasteiger partial charge on any atom is 0.192 e. The third-order valence-corrected chi connectivity index (χ3v) is 24.9. The van der Waals surface area contributed by atoms with E-state index in [0.29, 0.717) is 26.4 Å². The highest BCUT2D eigenvalue weighted by Crippen LogP contribution is 2.42. The molecule has 0 bridgehead atoms. The summed E-state index contributed by atoms with van der Waals surface area (Å²) in [6, 6.07) is 40.3. The molecular weight excluding hydrogens is 967 g/mol. The van der Waals surface area contributed by atoms with Gasteiger partial charge in [0.1, 0.15) is 24.4 Å². The SMILES string of the molecule is CCCCCCCCCCCCCC[C@@H](O[Si](C)(C)C(C)(C)C)[C@@H](O[Si](C)(C)C(C)(C)C)[C@@H](N)CO[C@@H]1OC(COCc2ccccc2)[C@H](OCc2ccccc2)[C@H](OCc2ccccc2)C1OCc1ccccc1. The summed E-state index contributed by atoms with van der Waals surface area (Å²) in [5, 5.41) is -0.0636. The molecule has 1 aliphatic heterocycles. The third kappa shape index (κ3) is 21.6. The number of unbranched alkanes of at least 4 members (excludes halogenated alkanes) is 11. The number of benzene rings is 4. The predicted octanol–water partition coefficient (Wildman–Crippen LogP) is 15.9. The zero-order valence-corrected chi connectivity index (χ0v) is 50.4. The van der Waals surface area contributed by atoms with Gasteiger partial charge in [0.25, 0.3) is 0 Å². The predicted molar refractivity (Wildman–Crippen MR) is 314 cm³/mol. The van der Waals surface area contributed by atoms with Crippen LogP contribution in [0.1, 0.15) is 154 Å². The van der Waals surface area contributed by atoms with Crippen molar-refractivity contribution in [2.45, 2.75) is 244 Å². The van der Waals surface area contributed by atoms with Crippen LogP contribution in [0.15, 0.2) is 121 Å². The normalized spacial score (nSPS) is 20.0. The minimum absolute atomic E-state index is 0.00532. The van der Waals surface area contributed by atoms with Crippen molar-refractivity contribution in [2.75, 3.05) is 13.2 Å². The third-order valence-electron chi connectivity index (χ3n) is 15.9. The van der Waals surface area contributed by atoms with Crippen molar-refractivity contribution < 1.29 is 37.3 Å². The highest BCUT2D eigenvalue weighted by molar-refractivity contribution is 6.74. The quantitative estimate of drug-likeness (QED) is 0.0357. The van der Waals surface area contributed by atoms with Crippen LogP contribution in [0.4, 0.5) is 0 Å². The lowest BCUT2D eigenvalue weighted by Crippen LogP contribution is -2.63. The lowest BCUT2D eigenvalue weighted by molar-refractivity contribution is -0.329. The molecule has 0 amide bonds. The highest BCUT2D eigenvalue weighted by Gasteiger charge is 2.51. The Kier molecular flexibility index (Phi) is 26.9. The second-order valence-electron chi connectivity index (χ2n) is 24.3. The van der Waals surface area contributed by atoms with E-state index in [-0.39, 0.29) is 29.4 Å². The zero-order chi connectivity index (χ0) is 54.2. The van der Waals surface area contributed by atoms with Gasteiger partial charge in [-0.1, -0.05) is 247 Å². The van der Waals surface area contributed by atoms with Crippen LogP contribution in [-0.2, 0) is 63.7 Å². The second kappa shape index (κ2) is 32.1. The summed E-state index contributed by atoms with van der Waals surface area (Å²) >= 11 is 0. The molecule has 4 aromatic rings. The summed E-state index contributed by atoms with van der Waals surface area (Å²) in [6.07, 6.45) is 12.4. The van der Waals surface area contributed by atoms with Gasteiger partial charge in [0, 0.05) is 0 Å². The van der Waals surface area contributed by atoms with Gasteiger partial charge in [-0.3, -0.25) is 0 Å². The summed E-state index contributed by atoms with van der Waals surface area (Å²) in [5.74, 6) is 0. The maximum absolute atomic E-state index is 7.58. The van der Waals surface area contributed by atoms with Gasteiger partial charge in [0.15, 0.2) is 22.9 Å². The van der Waals surface area contributed by atoms with Crippen LogP contribution in [0.3, 0.4) is 0 Å². The molecule has 2 unspecified atom stereocenters. The molecule has 2 N–H and O–H groups in total. The van der Waals surface area contributed by atoms with Gasteiger partial charge in [0.2, 0.25) is 0 Å². The van der Waals surface area contributed by atoms with Crippen molar-refractivity contribution >= 4 is 16.6 Å². The van der Waals surface area contributed by atoms with E-state index in [0.717, 1.165) is 41.5 Å². The molecule has 75 heavy (non-hydrogen) atoms. The van der Waals surface area contributed by atoms with Gasteiger partial charge in [-0.15, -0.1) is 0 Å². The molecule has 9 nitrogen and oxygen atoms in total. The van der Waals surface area contributed by atoms with Crippen LogP contribution in [0.25, 0.3) is 0 Å². The Balaban J connectivity index is 1.46. The molecule has 418 valence electrons. The van der Waals surface area contributed by atoms with Crippen molar-refractivity contribution in [1.29, 1.82) is 0 Å². The minimum Gasteiger partial charge on any atom is -0.411 e. The lowest BCUT2D eigenvalue weighted by Gasteiger charge is -2.48. The first kappa shape index (κ1) is 62.8. The molecule has 4 aromatic carbocycles. The standard InChI is InChI=1S/C64H101NO8Si2/c1-12-13-14-15-16-17-18-19-20-21-22-35-44-56(72-74(8,9)63(2,3)4)58(73-75(10,11)64(5,6)7)55(65)49-70-62-61(69-48-54-42-33-26-34-43-54)60(68-47-53-40-31-25-32-41-53)59(67-46-52-38-29-24-30-39-52)57(71-62)50-66-45-51-36-27-23-28-37-51/h23-34,36-43,55-62H,12-22,35,44-50,65H2,1-11H3/t55-,56+,57?,58-,59-,60-,61?,62+/m0/s1. The Morgan fingerprint density at radius 2 is 0.867 bits per heavy atom. The second-order valence-corrected chi connectivity index (χ2v) is 33.8. The topological polar surface area (TPSA) is 99.9 Å². The number of nitrogens with two attached hydrogens (primary N) is 1. The Labute approximate surface area is 457 Å². The van der Waals surface area contributed by atoms with Gasteiger partial charge in [-0.2, -0.15) is 0 Å². The summed E-state index contributed by atoms with van der Waals surface area (Å²) in [6.45, 7) is 27.2. The fraction of sp³-hybridized carbons (Fsp3) is 0.625. The monoisotopic (exact) mass is 1070 g/mol. The average molecular weight is 1070 g/mol. The molecule has 1 saturated heterocycles. The van der Waals surface area contributed by atoms with Crippen LogP contribution in [0.2, 0.25) is 36.3 Å². The average Bonchev–Trinajstić information content (AvgIpc) is 3.38. The van der Waals surface area contributed by atoms with Crippen molar-refractivity contribution in [3.63, 3.8) is 0 Å². The van der Waals surface area contributed by atoms with Crippen LogP contribution >= 0.6 is 0 Å². The first-order chi connectivity index (χ1) is 35.9. The molecule has 0 aromatic heterocycles.